The highest BCUT2D eigenvalue weighted by Gasteiger charge is 2.24. The standard InChI is InChI=1S/C14H20FN3O3S/c1-10(16)9-17-22(20,21)11-4-5-12(13(15)8-11)14(19)18-6-2-3-7-18/h4-5,8,10,17H,2-3,6-7,9,16H2,1H3/t10-/m1/s1. The van der Waals surface area contributed by atoms with E-state index < -0.39 is 21.7 Å². The first-order valence-electron chi connectivity index (χ1n) is 7.15. The Kier molecular flexibility index (Phi) is 5.15. The number of carbonyl (C=O) groups excluding carboxylic acids is 1. The van der Waals surface area contributed by atoms with Crippen LogP contribution in [0.2, 0.25) is 0 Å². The zero-order valence-corrected chi connectivity index (χ0v) is 13.2. The lowest BCUT2D eigenvalue weighted by atomic mass is 10.2. The van der Waals surface area contributed by atoms with Gasteiger partial charge < -0.3 is 10.6 Å². The van der Waals surface area contributed by atoms with Gasteiger partial charge in [0.15, 0.2) is 0 Å². The van der Waals surface area contributed by atoms with Crippen LogP contribution in [-0.2, 0) is 10.0 Å². The molecule has 1 aliphatic heterocycles. The zero-order valence-electron chi connectivity index (χ0n) is 12.4. The van der Waals surface area contributed by atoms with Crippen molar-refractivity contribution in [2.75, 3.05) is 19.6 Å². The van der Waals surface area contributed by atoms with Crippen LogP contribution >= 0.6 is 0 Å². The molecule has 22 heavy (non-hydrogen) atoms. The number of hydrogen-bond donors (Lipinski definition) is 2. The van der Waals surface area contributed by atoms with Gasteiger partial charge in [-0.3, -0.25) is 4.79 Å². The topological polar surface area (TPSA) is 92.5 Å². The van der Waals surface area contributed by atoms with Gasteiger partial charge >= 0.3 is 0 Å². The second-order valence-corrected chi connectivity index (χ2v) is 7.24. The maximum absolute atomic E-state index is 14.1. The number of carbonyl (C=O) groups is 1. The van der Waals surface area contributed by atoms with E-state index in [4.69, 9.17) is 5.73 Å². The second kappa shape index (κ2) is 6.72. The maximum atomic E-state index is 14.1. The molecule has 6 nitrogen and oxygen atoms in total. The fraction of sp³-hybridized carbons (Fsp3) is 0.500. The van der Waals surface area contributed by atoms with Gasteiger partial charge in [-0.1, -0.05) is 0 Å². The molecular formula is C14H20FN3O3S. The van der Waals surface area contributed by atoms with E-state index in [0.717, 1.165) is 18.9 Å². The molecule has 1 aromatic carbocycles. The summed E-state index contributed by atoms with van der Waals surface area (Å²) in [5.74, 6) is -1.23. The molecule has 8 heteroatoms. The van der Waals surface area contributed by atoms with E-state index in [9.17, 15) is 17.6 Å². The van der Waals surface area contributed by atoms with Crippen molar-refractivity contribution in [1.82, 2.24) is 9.62 Å². The van der Waals surface area contributed by atoms with Crippen LogP contribution in [0.1, 0.15) is 30.1 Å². The largest absolute Gasteiger partial charge is 0.339 e. The van der Waals surface area contributed by atoms with Gasteiger partial charge in [0, 0.05) is 25.7 Å². The summed E-state index contributed by atoms with van der Waals surface area (Å²) in [7, 11) is -3.83. The van der Waals surface area contributed by atoms with Crippen molar-refractivity contribution < 1.29 is 17.6 Å². The lowest BCUT2D eigenvalue weighted by Gasteiger charge is -2.16. The van der Waals surface area contributed by atoms with E-state index in [1.165, 1.54) is 12.1 Å². The molecule has 1 aliphatic rings. The Hall–Kier alpha value is -1.51. The van der Waals surface area contributed by atoms with E-state index in [0.29, 0.717) is 13.1 Å². The number of nitrogens with zero attached hydrogens (tertiary/aromatic N) is 1. The molecule has 2 rings (SSSR count). The number of benzene rings is 1. The minimum Gasteiger partial charge on any atom is -0.339 e. The molecule has 1 heterocycles. The maximum Gasteiger partial charge on any atom is 0.256 e. The molecule has 1 atom stereocenters. The van der Waals surface area contributed by atoms with Gasteiger partial charge in [-0.2, -0.15) is 0 Å². The number of nitrogens with two attached hydrogens (primary N) is 1. The molecule has 1 aromatic rings. The van der Waals surface area contributed by atoms with E-state index >= 15 is 0 Å². The Morgan fingerprint density at radius 3 is 2.59 bits per heavy atom. The average molecular weight is 329 g/mol. The highest BCUT2D eigenvalue weighted by Crippen LogP contribution is 2.19. The Balaban J connectivity index is 2.20. The lowest BCUT2D eigenvalue weighted by molar-refractivity contribution is 0.0788. The number of rotatable bonds is 5. The summed E-state index contributed by atoms with van der Waals surface area (Å²) in [5, 5.41) is 0. The highest BCUT2D eigenvalue weighted by molar-refractivity contribution is 7.89. The number of sulfonamides is 1. The van der Waals surface area contributed by atoms with Crippen LogP contribution in [0.4, 0.5) is 4.39 Å². The van der Waals surface area contributed by atoms with Gasteiger partial charge in [0.05, 0.1) is 10.5 Å². The Morgan fingerprint density at radius 2 is 2.05 bits per heavy atom. The third-order valence-corrected chi connectivity index (χ3v) is 4.89. The quantitative estimate of drug-likeness (QED) is 0.831. The van der Waals surface area contributed by atoms with Crippen LogP contribution in [0.25, 0.3) is 0 Å². The first kappa shape index (κ1) is 16.9. The predicted octanol–water partition coefficient (Wildman–Crippen LogP) is 0.687. The van der Waals surface area contributed by atoms with Crippen LogP contribution < -0.4 is 10.5 Å². The van der Waals surface area contributed by atoms with Crippen LogP contribution in [-0.4, -0.2) is 44.9 Å². The van der Waals surface area contributed by atoms with Crippen molar-refractivity contribution >= 4 is 15.9 Å². The van der Waals surface area contributed by atoms with E-state index in [2.05, 4.69) is 4.72 Å². The third-order valence-electron chi connectivity index (χ3n) is 3.47. The number of halogens is 1. The van der Waals surface area contributed by atoms with Crippen molar-refractivity contribution in [3.8, 4) is 0 Å². The molecule has 0 unspecified atom stereocenters. The number of amides is 1. The van der Waals surface area contributed by atoms with Gasteiger partial charge in [-0.15, -0.1) is 0 Å². The van der Waals surface area contributed by atoms with Crippen molar-refractivity contribution in [1.29, 1.82) is 0 Å². The zero-order chi connectivity index (χ0) is 16.3. The van der Waals surface area contributed by atoms with Gasteiger partial charge in [-0.25, -0.2) is 17.5 Å². The fourth-order valence-corrected chi connectivity index (χ4v) is 3.41. The summed E-state index contributed by atoms with van der Waals surface area (Å²) in [5.41, 5.74) is 5.39. The third kappa shape index (κ3) is 3.82. The van der Waals surface area contributed by atoms with Crippen molar-refractivity contribution in [2.45, 2.75) is 30.7 Å². The van der Waals surface area contributed by atoms with Crippen LogP contribution in [0.15, 0.2) is 23.1 Å². The number of likely N-dealkylation sites (tertiary alicyclic amines) is 1. The molecule has 122 valence electrons. The second-order valence-electron chi connectivity index (χ2n) is 5.47. The Labute approximate surface area is 129 Å². The average Bonchev–Trinajstić information content (AvgIpc) is 2.98. The smallest absolute Gasteiger partial charge is 0.256 e. The molecule has 0 aliphatic carbocycles. The molecule has 1 amide bonds. The van der Waals surface area contributed by atoms with Crippen molar-refractivity contribution in [2.24, 2.45) is 5.73 Å². The molecule has 0 spiro atoms. The van der Waals surface area contributed by atoms with Gasteiger partial charge in [0.25, 0.3) is 5.91 Å². The molecule has 0 radical (unpaired) electrons. The van der Waals surface area contributed by atoms with Gasteiger partial charge in [0.2, 0.25) is 10.0 Å². The summed E-state index contributed by atoms with van der Waals surface area (Å²) >= 11 is 0. The predicted molar refractivity (Wildman–Crippen MR) is 80.4 cm³/mol. The normalized spacial score (nSPS) is 16.8. The summed E-state index contributed by atoms with van der Waals surface area (Å²) < 4.78 is 40.4. The highest BCUT2D eigenvalue weighted by atomic mass is 32.2. The summed E-state index contributed by atoms with van der Waals surface area (Å²) in [6.07, 6.45) is 1.81. The Morgan fingerprint density at radius 1 is 1.41 bits per heavy atom. The molecule has 1 fully saturated rings. The van der Waals surface area contributed by atoms with Crippen LogP contribution in [0.3, 0.4) is 0 Å². The molecule has 0 aromatic heterocycles. The van der Waals surface area contributed by atoms with Gasteiger partial charge in [0.1, 0.15) is 5.82 Å². The number of nitrogens with one attached hydrogen (secondary N) is 1. The summed E-state index contributed by atoms with van der Waals surface area (Å²) in [6, 6.07) is 2.97. The van der Waals surface area contributed by atoms with Crippen molar-refractivity contribution in [3.05, 3.63) is 29.6 Å². The summed E-state index contributed by atoms with van der Waals surface area (Å²) in [6.45, 7) is 2.92. The SMILES string of the molecule is C[C@@H](N)CNS(=O)(=O)c1ccc(C(=O)N2CCCC2)c(F)c1. The summed E-state index contributed by atoms with van der Waals surface area (Å²) in [4.78, 5) is 13.5. The minimum absolute atomic E-state index is 0.0540. The molecular weight excluding hydrogens is 309 g/mol. The molecule has 0 bridgehead atoms. The minimum atomic E-state index is -3.83. The fourth-order valence-electron chi connectivity index (χ4n) is 2.25. The lowest BCUT2D eigenvalue weighted by Crippen LogP contribution is -2.35. The van der Waals surface area contributed by atoms with Crippen molar-refractivity contribution in [3.63, 3.8) is 0 Å². The van der Waals surface area contributed by atoms with Crippen LogP contribution in [0.5, 0.6) is 0 Å². The van der Waals surface area contributed by atoms with Gasteiger partial charge in [-0.05, 0) is 38.0 Å². The first-order valence-corrected chi connectivity index (χ1v) is 8.63. The van der Waals surface area contributed by atoms with E-state index in [1.54, 1.807) is 11.8 Å². The molecule has 3 N–H and O–H groups in total. The van der Waals surface area contributed by atoms with Crippen LogP contribution in [0, 0.1) is 5.82 Å². The molecule has 1 saturated heterocycles. The van der Waals surface area contributed by atoms with E-state index in [1.807, 2.05) is 0 Å². The molecule has 0 saturated carbocycles. The monoisotopic (exact) mass is 329 g/mol. The first-order chi connectivity index (χ1) is 10.3. The van der Waals surface area contributed by atoms with E-state index in [-0.39, 0.29) is 23.0 Å². The number of hydrogen-bond acceptors (Lipinski definition) is 4. The Bertz CT molecular complexity index is 655.